The van der Waals surface area contributed by atoms with E-state index in [1.165, 1.54) is 0 Å². The summed E-state index contributed by atoms with van der Waals surface area (Å²) < 4.78 is 6.20. The van der Waals surface area contributed by atoms with Crippen molar-refractivity contribution in [3.8, 4) is 5.75 Å². The summed E-state index contributed by atoms with van der Waals surface area (Å²) in [6, 6.07) is 16.5. The van der Waals surface area contributed by atoms with Crippen LogP contribution in [0.5, 0.6) is 5.75 Å². The molecule has 0 amide bonds. The van der Waals surface area contributed by atoms with Gasteiger partial charge < -0.3 is 9.94 Å². The highest BCUT2D eigenvalue weighted by atomic mass is 16.5. The van der Waals surface area contributed by atoms with Crippen LogP contribution in [0.2, 0.25) is 0 Å². The maximum absolute atomic E-state index is 11.9. The fourth-order valence-corrected chi connectivity index (χ4v) is 1.60. The van der Waals surface area contributed by atoms with E-state index in [9.17, 15) is 5.21 Å². The second-order valence-corrected chi connectivity index (χ2v) is 3.79. The van der Waals surface area contributed by atoms with Crippen LogP contribution in [0.25, 0.3) is 0 Å². The third-order valence-corrected chi connectivity index (χ3v) is 2.47. The number of rotatable bonds is 4. The van der Waals surface area contributed by atoms with Gasteiger partial charge in [-0.15, -0.1) is 0 Å². The van der Waals surface area contributed by atoms with Crippen LogP contribution in [0.15, 0.2) is 54.6 Å². The molecule has 0 aliphatic rings. The minimum Gasteiger partial charge on any atom is -0.618 e. The Bertz CT molecular complexity index is 518. The Morgan fingerprint density at radius 2 is 1.72 bits per heavy atom. The van der Waals surface area contributed by atoms with E-state index >= 15 is 0 Å². The lowest BCUT2D eigenvalue weighted by molar-refractivity contribution is -0.354. The van der Waals surface area contributed by atoms with Gasteiger partial charge in [-0.1, -0.05) is 18.2 Å². The summed E-state index contributed by atoms with van der Waals surface area (Å²) in [7, 11) is 0. The van der Waals surface area contributed by atoms with Gasteiger partial charge in [-0.2, -0.15) is 4.74 Å². The van der Waals surface area contributed by atoms with Crippen molar-refractivity contribution in [1.29, 1.82) is 0 Å². The molecule has 0 heterocycles. The maximum atomic E-state index is 11.9. The maximum Gasteiger partial charge on any atom is 0.216 e. The van der Waals surface area contributed by atoms with E-state index in [-0.39, 0.29) is 0 Å². The summed E-state index contributed by atoms with van der Waals surface area (Å²) in [5.74, 6) is 0.812. The number of nitrogens with zero attached hydrogens (tertiary/aromatic N) is 1. The number of ether oxygens (including phenoxy) is 1. The molecule has 3 nitrogen and oxygen atoms in total. The number of para-hydroxylation sites is 1. The van der Waals surface area contributed by atoms with E-state index in [2.05, 4.69) is 0 Å². The topological polar surface area (TPSA) is 35.3 Å². The van der Waals surface area contributed by atoms with Crippen LogP contribution in [0.1, 0.15) is 12.5 Å². The Morgan fingerprint density at radius 1 is 1.06 bits per heavy atom. The Balaban J connectivity index is 2.17. The van der Waals surface area contributed by atoms with E-state index in [4.69, 9.17) is 4.74 Å². The van der Waals surface area contributed by atoms with Gasteiger partial charge >= 0.3 is 0 Å². The fourth-order valence-electron chi connectivity index (χ4n) is 1.60. The normalized spacial score (nSPS) is 11.3. The summed E-state index contributed by atoms with van der Waals surface area (Å²) in [5.41, 5.74) is 1.46. The monoisotopic (exact) mass is 241 g/mol. The van der Waals surface area contributed by atoms with Gasteiger partial charge in [0.15, 0.2) is 6.21 Å². The lowest BCUT2D eigenvalue weighted by atomic mass is 10.2. The Morgan fingerprint density at radius 3 is 2.33 bits per heavy atom. The molecular formula is C15H15NO2. The summed E-state index contributed by atoms with van der Waals surface area (Å²) in [6.45, 7) is 2.58. The van der Waals surface area contributed by atoms with E-state index in [0.717, 1.165) is 16.1 Å². The summed E-state index contributed by atoms with van der Waals surface area (Å²) in [6.07, 6.45) is 1.55. The first-order valence-corrected chi connectivity index (χ1v) is 5.89. The van der Waals surface area contributed by atoms with Crippen molar-refractivity contribution < 1.29 is 9.48 Å². The molecular weight excluding hydrogens is 226 g/mol. The standard InChI is InChI=1S/C15H15NO2/c1-2-18-15-10-8-13(9-11-15)12-16(17)14-6-4-3-5-7-14/h3-12H,2H2,1H3/b16-12-. The Hall–Kier alpha value is -2.29. The molecule has 0 fully saturated rings. The van der Waals surface area contributed by atoms with Crippen molar-refractivity contribution in [1.82, 2.24) is 0 Å². The smallest absolute Gasteiger partial charge is 0.216 e. The predicted molar refractivity (Wildman–Crippen MR) is 72.5 cm³/mol. The lowest BCUT2D eigenvalue weighted by Crippen LogP contribution is -1.98. The van der Waals surface area contributed by atoms with E-state index in [0.29, 0.717) is 12.3 Å². The summed E-state index contributed by atoms with van der Waals surface area (Å²) >= 11 is 0. The quantitative estimate of drug-likeness (QED) is 0.356. The first-order chi connectivity index (χ1) is 8.79. The van der Waals surface area contributed by atoms with Crippen LogP contribution in [0.4, 0.5) is 5.69 Å². The molecule has 0 spiro atoms. The van der Waals surface area contributed by atoms with Gasteiger partial charge in [0, 0.05) is 17.7 Å². The average Bonchev–Trinajstić information content (AvgIpc) is 2.42. The summed E-state index contributed by atoms with van der Waals surface area (Å²) in [5, 5.41) is 11.9. The third kappa shape index (κ3) is 3.10. The van der Waals surface area contributed by atoms with E-state index < -0.39 is 0 Å². The molecule has 0 unspecified atom stereocenters. The van der Waals surface area contributed by atoms with Crippen LogP contribution in [-0.4, -0.2) is 17.6 Å². The molecule has 18 heavy (non-hydrogen) atoms. The molecule has 0 aliphatic heterocycles. The molecule has 0 saturated carbocycles. The van der Waals surface area contributed by atoms with E-state index in [1.807, 2.05) is 49.4 Å². The highest BCUT2D eigenvalue weighted by Crippen LogP contribution is 2.13. The van der Waals surface area contributed by atoms with Gasteiger partial charge in [0.05, 0.1) is 6.61 Å². The predicted octanol–water partition coefficient (Wildman–Crippen LogP) is 3.35. The molecule has 0 saturated heterocycles. The van der Waals surface area contributed by atoms with Crippen LogP contribution < -0.4 is 4.74 Å². The van der Waals surface area contributed by atoms with Gasteiger partial charge in [-0.25, -0.2) is 0 Å². The lowest BCUT2D eigenvalue weighted by Gasteiger charge is -2.04. The fraction of sp³-hybridized carbons (Fsp3) is 0.133. The minimum absolute atomic E-state index is 0.617. The molecule has 92 valence electrons. The molecule has 3 heteroatoms. The largest absolute Gasteiger partial charge is 0.618 e. The zero-order valence-corrected chi connectivity index (χ0v) is 10.2. The molecule has 2 rings (SSSR count). The average molecular weight is 241 g/mol. The van der Waals surface area contributed by atoms with Crippen molar-refractivity contribution in [2.75, 3.05) is 6.61 Å². The Labute approximate surface area is 107 Å². The molecule has 0 atom stereocenters. The summed E-state index contributed by atoms with van der Waals surface area (Å²) in [4.78, 5) is 0. The second kappa shape index (κ2) is 5.87. The molecule has 0 bridgehead atoms. The third-order valence-electron chi connectivity index (χ3n) is 2.47. The minimum atomic E-state index is 0.617. The van der Waals surface area contributed by atoms with Gasteiger partial charge in [-0.05, 0) is 31.2 Å². The van der Waals surface area contributed by atoms with Gasteiger partial charge in [0.2, 0.25) is 5.69 Å². The molecule has 2 aromatic rings. The van der Waals surface area contributed by atoms with Crippen molar-refractivity contribution >= 4 is 11.9 Å². The van der Waals surface area contributed by atoms with Crippen molar-refractivity contribution in [3.63, 3.8) is 0 Å². The molecule has 2 aromatic carbocycles. The van der Waals surface area contributed by atoms with E-state index in [1.54, 1.807) is 18.3 Å². The molecule has 0 aromatic heterocycles. The zero-order chi connectivity index (χ0) is 12.8. The van der Waals surface area contributed by atoms with Crippen molar-refractivity contribution in [2.45, 2.75) is 6.92 Å². The van der Waals surface area contributed by atoms with Gasteiger partial charge in [-0.3, -0.25) is 0 Å². The highest BCUT2D eigenvalue weighted by molar-refractivity contribution is 5.76. The molecule has 0 N–H and O–H groups in total. The second-order valence-electron chi connectivity index (χ2n) is 3.79. The van der Waals surface area contributed by atoms with Gasteiger partial charge in [0.1, 0.15) is 5.75 Å². The van der Waals surface area contributed by atoms with Crippen LogP contribution in [0.3, 0.4) is 0 Å². The first kappa shape index (κ1) is 12.2. The van der Waals surface area contributed by atoms with Crippen LogP contribution in [-0.2, 0) is 0 Å². The van der Waals surface area contributed by atoms with Crippen molar-refractivity contribution in [2.24, 2.45) is 0 Å². The SMILES string of the molecule is CCOc1ccc(/C=[N+](\[O-])c2ccccc2)cc1. The number of hydrogen-bond donors (Lipinski definition) is 0. The van der Waals surface area contributed by atoms with Crippen LogP contribution in [0, 0.1) is 5.21 Å². The Kier molecular flexibility index (Phi) is 3.97. The number of hydrogen-bond acceptors (Lipinski definition) is 2. The number of benzene rings is 2. The first-order valence-electron chi connectivity index (χ1n) is 5.89. The zero-order valence-electron chi connectivity index (χ0n) is 10.2. The van der Waals surface area contributed by atoms with Crippen LogP contribution >= 0.6 is 0 Å². The highest BCUT2D eigenvalue weighted by Gasteiger charge is 2.00. The van der Waals surface area contributed by atoms with Gasteiger partial charge in [0.25, 0.3) is 0 Å². The molecule has 0 aliphatic carbocycles. The molecule has 0 radical (unpaired) electrons. The van der Waals surface area contributed by atoms with Crippen molar-refractivity contribution in [3.05, 3.63) is 65.4 Å².